The van der Waals surface area contributed by atoms with E-state index in [4.69, 9.17) is 11.6 Å². The van der Waals surface area contributed by atoms with Gasteiger partial charge in [-0.3, -0.25) is 4.79 Å². The van der Waals surface area contributed by atoms with Crippen molar-refractivity contribution in [2.24, 2.45) is 5.92 Å². The van der Waals surface area contributed by atoms with Crippen LogP contribution in [-0.4, -0.2) is 16.3 Å². The van der Waals surface area contributed by atoms with Gasteiger partial charge in [0.25, 0.3) is 5.56 Å². The fourth-order valence-corrected chi connectivity index (χ4v) is 2.27. The van der Waals surface area contributed by atoms with E-state index in [0.717, 1.165) is 18.2 Å². The minimum atomic E-state index is -0.399. The largest absolute Gasteiger partial charge is 0.383 e. The number of rotatable bonds is 5. The van der Waals surface area contributed by atoms with Gasteiger partial charge in [-0.1, -0.05) is 17.7 Å². The molecule has 1 aromatic carbocycles. The molecule has 0 atom stereocenters. The zero-order chi connectivity index (χ0) is 14.8. The normalized spacial score (nSPS) is 14.2. The lowest BCUT2D eigenvalue weighted by Crippen LogP contribution is -2.23. The number of benzene rings is 1. The summed E-state index contributed by atoms with van der Waals surface area (Å²) >= 11 is 5.96. The van der Waals surface area contributed by atoms with Gasteiger partial charge < -0.3 is 5.32 Å². The summed E-state index contributed by atoms with van der Waals surface area (Å²) in [5, 5.41) is 7.62. The molecule has 0 aliphatic heterocycles. The molecule has 0 bridgehead atoms. The first-order chi connectivity index (χ1) is 10.1. The highest BCUT2D eigenvalue weighted by Crippen LogP contribution is 2.28. The summed E-state index contributed by atoms with van der Waals surface area (Å²) in [5.74, 6) is 0.328. The topological polar surface area (TPSA) is 46.9 Å². The molecule has 0 radical (unpaired) electrons. The summed E-state index contributed by atoms with van der Waals surface area (Å²) in [4.78, 5) is 12.0. The van der Waals surface area contributed by atoms with Crippen LogP contribution in [0.1, 0.15) is 18.4 Å². The van der Waals surface area contributed by atoms with Gasteiger partial charge >= 0.3 is 0 Å². The molecule has 0 unspecified atom stereocenters. The van der Waals surface area contributed by atoms with Crippen molar-refractivity contribution in [3.63, 3.8) is 0 Å². The van der Waals surface area contributed by atoms with Crippen LogP contribution in [0.3, 0.4) is 0 Å². The molecule has 1 fully saturated rings. The number of nitrogens with zero attached hydrogens (tertiary/aromatic N) is 2. The Bertz CT molecular complexity index is 712. The Hall–Kier alpha value is -1.88. The van der Waals surface area contributed by atoms with Crippen molar-refractivity contribution in [1.82, 2.24) is 9.78 Å². The van der Waals surface area contributed by atoms with E-state index in [9.17, 15) is 9.18 Å². The molecule has 6 heteroatoms. The predicted octanol–water partition coefficient (Wildman–Crippen LogP) is 2.91. The molecule has 0 saturated heterocycles. The van der Waals surface area contributed by atoms with Gasteiger partial charge in [-0.05, 0) is 36.5 Å². The smallest absolute Gasteiger partial charge is 0.269 e. The van der Waals surface area contributed by atoms with Crippen molar-refractivity contribution >= 4 is 17.3 Å². The molecule has 1 heterocycles. The fraction of sp³-hybridized carbons (Fsp3) is 0.333. The summed E-state index contributed by atoms with van der Waals surface area (Å²) in [6.45, 7) is 1.11. The molecule has 110 valence electrons. The van der Waals surface area contributed by atoms with Gasteiger partial charge in [0.1, 0.15) is 5.82 Å². The van der Waals surface area contributed by atoms with Crippen LogP contribution < -0.4 is 10.9 Å². The van der Waals surface area contributed by atoms with E-state index >= 15 is 0 Å². The Balaban J connectivity index is 1.74. The number of halogens is 2. The minimum absolute atomic E-state index is 0.212. The minimum Gasteiger partial charge on any atom is -0.383 e. The van der Waals surface area contributed by atoms with Crippen LogP contribution in [0.5, 0.6) is 0 Å². The van der Waals surface area contributed by atoms with Gasteiger partial charge in [0.05, 0.1) is 18.4 Å². The van der Waals surface area contributed by atoms with Crippen LogP contribution in [0.2, 0.25) is 5.02 Å². The third kappa shape index (κ3) is 3.61. The standard InChI is InChI=1S/C15H15ClFN3O/c16-14-5-12(17)4-3-11(14)9-20-15(21)6-13(8-19-20)18-7-10-1-2-10/h3-6,8,10,18H,1-2,7,9H2. The maximum atomic E-state index is 13.0. The molecule has 1 saturated carbocycles. The molecule has 1 N–H and O–H groups in total. The summed E-state index contributed by atoms with van der Waals surface area (Å²) < 4.78 is 14.3. The van der Waals surface area contributed by atoms with Crippen molar-refractivity contribution in [2.75, 3.05) is 11.9 Å². The lowest BCUT2D eigenvalue weighted by molar-refractivity contribution is 0.619. The molecular formula is C15H15ClFN3O. The van der Waals surface area contributed by atoms with Gasteiger partial charge in [0.2, 0.25) is 0 Å². The van der Waals surface area contributed by atoms with E-state index in [0.29, 0.717) is 10.6 Å². The second kappa shape index (κ2) is 5.85. The van der Waals surface area contributed by atoms with Crippen LogP contribution in [-0.2, 0) is 6.54 Å². The van der Waals surface area contributed by atoms with Crippen LogP contribution in [0.25, 0.3) is 0 Å². The summed E-state index contributed by atoms with van der Waals surface area (Å²) in [6, 6.07) is 5.63. The van der Waals surface area contributed by atoms with E-state index < -0.39 is 5.82 Å². The number of hydrogen-bond donors (Lipinski definition) is 1. The Kier molecular flexibility index (Phi) is 3.92. The fourth-order valence-electron chi connectivity index (χ4n) is 2.04. The monoisotopic (exact) mass is 307 g/mol. The first-order valence-electron chi connectivity index (χ1n) is 6.87. The van der Waals surface area contributed by atoms with Crippen molar-refractivity contribution < 1.29 is 4.39 Å². The van der Waals surface area contributed by atoms with Gasteiger partial charge in [-0.15, -0.1) is 0 Å². The third-order valence-corrected chi connectivity index (χ3v) is 3.85. The van der Waals surface area contributed by atoms with Gasteiger partial charge in [-0.25, -0.2) is 9.07 Å². The Morgan fingerprint density at radius 2 is 2.19 bits per heavy atom. The highest BCUT2D eigenvalue weighted by Gasteiger charge is 2.20. The molecule has 1 aliphatic carbocycles. The third-order valence-electron chi connectivity index (χ3n) is 3.50. The lowest BCUT2D eigenvalue weighted by atomic mass is 10.2. The van der Waals surface area contributed by atoms with Gasteiger partial charge in [0.15, 0.2) is 0 Å². The average molecular weight is 308 g/mol. The summed E-state index contributed by atoms with van der Waals surface area (Å²) in [7, 11) is 0. The van der Waals surface area contributed by atoms with E-state index in [1.807, 2.05) is 0 Å². The van der Waals surface area contributed by atoms with Gasteiger partial charge in [-0.2, -0.15) is 5.10 Å². The van der Waals surface area contributed by atoms with Crippen LogP contribution in [0, 0.1) is 11.7 Å². The summed E-state index contributed by atoms with van der Waals surface area (Å²) in [5.41, 5.74) is 1.18. The van der Waals surface area contributed by atoms with E-state index in [-0.39, 0.29) is 12.1 Å². The highest BCUT2D eigenvalue weighted by molar-refractivity contribution is 6.31. The molecule has 21 heavy (non-hydrogen) atoms. The molecular weight excluding hydrogens is 293 g/mol. The zero-order valence-electron chi connectivity index (χ0n) is 11.4. The highest BCUT2D eigenvalue weighted by atomic mass is 35.5. The lowest BCUT2D eigenvalue weighted by Gasteiger charge is -2.09. The second-order valence-corrected chi connectivity index (χ2v) is 5.71. The first-order valence-corrected chi connectivity index (χ1v) is 7.24. The maximum Gasteiger partial charge on any atom is 0.269 e. The number of aromatic nitrogens is 2. The molecule has 1 aliphatic rings. The second-order valence-electron chi connectivity index (χ2n) is 5.30. The van der Waals surface area contributed by atoms with Crippen molar-refractivity contribution in [3.05, 3.63) is 57.2 Å². The number of nitrogens with one attached hydrogen (secondary N) is 1. The van der Waals surface area contributed by atoms with Crippen molar-refractivity contribution in [3.8, 4) is 0 Å². The van der Waals surface area contributed by atoms with Crippen LogP contribution >= 0.6 is 11.6 Å². The average Bonchev–Trinajstić information content (AvgIpc) is 3.26. The van der Waals surface area contributed by atoms with E-state index in [1.54, 1.807) is 12.3 Å². The van der Waals surface area contributed by atoms with Crippen molar-refractivity contribution in [1.29, 1.82) is 0 Å². The van der Waals surface area contributed by atoms with Crippen molar-refractivity contribution in [2.45, 2.75) is 19.4 Å². The van der Waals surface area contributed by atoms with E-state index in [1.165, 1.54) is 35.7 Å². The summed E-state index contributed by atoms with van der Waals surface area (Å²) in [6.07, 6.45) is 4.13. The molecule has 2 aromatic rings. The Labute approximate surface area is 126 Å². The first kappa shape index (κ1) is 14.1. The number of hydrogen-bond acceptors (Lipinski definition) is 3. The van der Waals surface area contributed by atoms with E-state index in [2.05, 4.69) is 10.4 Å². The maximum absolute atomic E-state index is 13.0. The van der Waals surface area contributed by atoms with Crippen LogP contribution in [0.4, 0.5) is 10.1 Å². The zero-order valence-corrected chi connectivity index (χ0v) is 12.1. The molecule has 4 nitrogen and oxygen atoms in total. The Morgan fingerprint density at radius 1 is 1.38 bits per heavy atom. The molecule has 0 amide bonds. The molecule has 3 rings (SSSR count). The quantitative estimate of drug-likeness (QED) is 0.924. The SMILES string of the molecule is O=c1cc(NCC2CC2)cnn1Cc1ccc(F)cc1Cl. The molecule has 1 aromatic heterocycles. The number of anilines is 1. The van der Waals surface area contributed by atoms with Gasteiger partial charge in [0, 0.05) is 17.6 Å². The Morgan fingerprint density at radius 3 is 2.86 bits per heavy atom. The molecule has 0 spiro atoms. The van der Waals surface area contributed by atoms with Crippen LogP contribution in [0.15, 0.2) is 35.3 Å². The predicted molar refractivity (Wildman–Crippen MR) is 80.2 cm³/mol.